The Morgan fingerprint density at radius 2 is 1.65 bits per heavy atom. The van der Waals surface area contributed by atoms with Gasteiger partial charge < -0.3 is 19.5 Å². The summed E-state index contributed by atoms with van der Waals surface area (Å²) in [5.41, 5.74) is 0.406. The van der Waals surface area contributed by atoms with Crippen LogP contribution in [0.2, 0.25) is 0 Å². The monoisotopic (exact) mass is 374 g/mol. The summed E-state index contributed by atoms with van der Waals surface area (Å²) in [6.45, 7) is 1.70. The first-order valence-corrected chi connectivity index (χ1v) is 8.59. The average Bonchev–Trinajstić information content (AvgIpc) is 2.66. The molecule has 0 spiro atoms. The average molecular weight is 374 g/mol. The fourth-order valence-electron chi connectivity index (χ4n) is 2.09. The Morgan fingerprint density at radius 3 is 2.42 bits per heavy atom. The predicted octanol–water partition coefficient (Wildman–Crippen LogP) is 2.40. The Labute approximate surface area is 158 Å². The van der Waals surface area contributed by atoms with Crippen LogP contribution >= 0.6 is 12.2 Å². The molecule has 0 aliphatic carbocycles. The quantitative estimate of drug-likeness (QED) is 0.519. The molecule has 0 atom stereocenters. The number of hydrogen-bond donors (Lipinski definition) is 2. The maximum Gasteiger partial charge on any atom is 0.261 e. The Hall–Kier alpha value is -2.64. The van der Waals surface area contributed by atoms with Gasteiger partial charge in [-0.05, 0) is 36.5 Å². The Balaban J connectivity index is 1.84. The Bertz CT molecular complexity index is 710. The first kappa shape index (κ1) is 19.7. The number of para-hydroxylation sites is 2. The molecule has 1 amide bonds. The Morgan fingerprint density at radius 1 is 0.962 bits per heavy atom. The largest absolute Gasteiger partial charge is 0.490 e. The lowest BCUT2D eigenvalue weighted by atomic mass is 10.2. The summed E-state index contributed by atoms with van der Waals surface area (Å²) in [4.78, 5) is 12.4. The van der Waals surface area contributed by atoms with Crippen molar-refractivity contribution in [1.29, 1.82) is 0 Å². The van der Waals surface area contributed by atoms with Crippen LogP contribution in [-0.4, -0.2) is 44.5 Å². The van der Waals surface area contributed by atoms with Gasteiger partial charge in [-0.1, -0.05) is 30.3 Å². The fraction of sp³-hybridized carbons (Fsp3) is 0.263. The van der Waals surface area contributed by atoms with E-state index in [1.807, 2.05) is 30.3 Å². The molecule has 2 aromatic carbocycles. The van der Waals surface area contributed by atoms with Crippen molar-refractivity contribution in [1.82, 2.24) is 10.6 Å². The predicted molar refractivity (Wildman–Crippen MR) is 104 cm³/mol. The number of rotatable bonds is 9. The lowest BCUT2D eigenvalue weighted by Crippen LogP contribution is -2.40. The molecular weight excluding hydrogens is 352 g/mol. The van der Waals surface area contributed by atoms with Gasteiger partial charge in [0.25, 0.3) is 5.91 Å². The zero-order valence-corrected chi connectivity index (χ0v) is 15.4. The fourth-order valence-corrected chi connectivity index (χ4v) is 2.28. The maximum atomic E-state index is 12.4. The smallest absolute Gasteiger partial charge is 0.261 e. The SMILES string of the molecule is COCCNC(=S)NC(=O)c1ccccc1OCCOc1ccccc1. The van der Waals surface area contributed by atoms with E-state index in [0.717, 1.165) is 5.75 Å². The van der Waals surface area contributed by atoms with Gasteiger partial charge in [-0.3, -0.25) is 10.1 Å². The van der Waals surface area contributed by atoms with E-state index >= 15 is 0 Å². The molecular formula is C19H22N2O4S. The molecule has 0 fully saturated rings. The molecule has 138 valence electrons. The molecule has 2 N–H and O–H groups in total. The molecule has 0 bridgehead atoms. The van der Waals surface area contributed by atoms with Gasteiger partial charge >= 0.3 is 0 Å². The van der Waals surface area contributed by atoms with Gasteiger partial charge in [0.1, 0.15) is 24.7 Å². The highest BCUT2D eigenvalue weighted by Gasteiger charge is 2.13. The van der Waals surface area contributed by atoms with Crippen LogP contribution in [0.5, 0.6) is 11.5 Å². The third kappa shape index (κ3) is 6.70. The van der Waals surface area contributed by atoms with Gasteiger partial charge in [-0.15, -0.1) is 0 Å². The van der Waals surface area contributed by atoms with Gasteiger partial charge in [-0.25, -0.2) is 0 Å². The lowest BCUT2D eigenvalue weighted by Gasteiger charge is -2.13. The minimum absolute atomic E-state index is 0.245. The van der Waals surface area contributed by atoms with Crippen molar-refractivity contribution in [3.8, 4) is 11.5 Å². The number of carbonyl (C=O) groups excluding carboxylic acids is 1. The van der Waals surface area contributed by atoms with Crippen molar-refractivity contribution in [2.24, 2.45) is 0 Å². The summed E-state index contributed by atoms with van der Waals surface area (Å²) in [6.07, 6.45) is 0. The van der Waals surface area contributed by atoms with Crippen molar-refractivity contribution in [2.45, 2.75) is 0 Å². The van der Waals surface area contributed by atoms with Crippen LogP contribution in [0, 0.1) is 0 Å². The van der Waals surface area contributed by atoms with Gasteiger partial charge in [0.05, 0.1) is 12.2 Å². The van der Waals surface area contributed by atoms with E-state index in [2.05, 4.69) is 10.6 Å². The van der Waals surface area contributed by atoms with E-state index < -0.39 is 0 Å². The van der Waals surface area contributed by atoms with E-state index in [4.69, 9.17) is 26.4 Å². The molecule has 26 heavy (non-hydrogen) atoms. The van der Waals surface area contributed by atoms with Gasteiger partial charge in [0.15, 0.2) is 5.11 Å². The van der Waals surface area contributed by atoms with Crippen molar-refractivity contribution in [2.75, 3.05) is 33.5 Å². The molecule has 0 radical (unpaired) electrons. The van der Waals surface area contributed by atoms with Crippen molar-refractivity contribution in [3.63, 3.8) is 0 Å². The van der Waals surface area contributed by atoms with E-state index in [9.17, 15) is 4.79 Å². The van der Waals surface area contributed by atoms with Crippen LogP contribution in [0.4, 0.5) is 0 Å². The molecule has 0 aliphatic heterocycles. The molecule has 6 nitrogen and oxygen atoms in total. The lowest BCUT2D eigenvalue weighted by molar-refractivity contribution is 0.0971. The molecule has 0 aromatic heterocycles. The molecule has 0 heterocycles. The highest BCUT2D eigenvalue weighted by atomic mass is 32.1. The minimum atomic E-state index is -0.334. The van der Waals surface area contributed by atoms with Gasteiger partial charge in [0, 0.05) is 13.7 Å². The molecule has 0 aliphatic rings. The number of carbonyl (C=O) groups is 1. The number of hydrogen-bond acceptors (Lipinski definition) is 5. The summed E-state index contributed by atoms with van der Waals surface area (Å²) in [5.74, 6) is 0.912. The minimum Gasteiger partial charge on any atom is -0.490 e. The molecule has 2 aromatic rings. The number of amides is 1. The van der Waals surface area contributed by atoms with Crippen molar-refractivity contribution < 1.29 is 19.0 Å². The first-order valence-electron chi connectivity index (χ1n) is 8.18. The topological polar surface area (TPSA) is 68.8 Å². The van der Waals surface area contributed by atoms with Gasteiger partial charge in [-0.2, -0.15) is 0 Å². The summed E-state index contributed by atoms with van der Waals surface area (Å²) >= 11 is 5.09. The first-order chi connectivity index (χ1) is 12.7. The molecule has 0 unspecified atom stereocenters. The second-order valence-electron chi connectivity index (χ2n) is 5.21. The van der Waals surface area contributed by atoms with Gasteiger partial charge in [0.2, 0.25) is 0 Å². The zero-order chi connectivity index (χ0) is 18.6. The normalized spacial score (nSPS) is 10.0. The summed E-state index contributed by atoms with van der Waals surface area (Å²) in [7, 11) is 1.60. The third-order valence-electron chi connectivity index (χ3n) is 3.30. The summed E-state index contributed by atoms with van der Waals surface area (Å²) in [5, 5.41) is 5.76. The molecule has 7 heteroatoms. The molecule has 0 saturated carbocycles. The highest BCUT2D eigenvalue weighted by Crippen LogP contribution is 2.18. The van der Waals surface area contributed by atoms with Crippen LogP contribution in [-0.2, 0) is 4.74 Å². The van der Waals surface area contributed by atoms with Crippen LogP contribution in [0.1, 0.15) is 10.4 Å². The van der Waals surface area contributed by atoms with Crippen LogP contribution in [0.15, 0.2) is 54.6 Å². The van der Waals surface area contributed by atoms with Crippen LogP contribution < -0.4 is 20.1 Å². The molecule has 0 saturated heterocycles. The Kier molecular flexibility index (Phi) is 8.38. The number of methoxy groups -OCH3 is 1. The summed E-state index contributed by atoms with van der Waals surface area (Å²) < 4.78 is 16.2. The van der Waals surface area contributed by atoms with E-state index in [1.165, 1.54) is 0 Å². The number of thiocarbonyl (C=S) groups is 1. The number of ether oxygens (including phenoxy) is 3. The van der Waals surface area contributed by atoms with Crippen LogP contribution in [0.25, 0.3) is 0 Å². The number of nitrogens with one attached hydrogen (secondary N) is 2. The maximum absolute atomic E-state index is 12.4. The van der Waals surface area contributed by atoms with Crippen molar-refractivity contribution >= 4 is 23.2 Å². The second kappa shape index (κ2) is 11.1. The standard InChI is InChI=1S/C19H22N2O4S/c1-23-12-11-20-19(26)21-18(22)16-9-5-6-10-17(16)25-14-13-24-15-7-3-2-4-8-15/h2-10H,11-14H2,1H3,(H2,20,21,22,26). The summed E-state index contributed by atoms with van der Waals surface area (Å²) in [6, 6.07) is 16.5. The van der Waals surface area contributed by atoms with Crippen molar-refractivity contribution in [3.05, 3.63) is 60.2 Å². The zero-order valence-electron chi connectivity index (χ0n) is 14.6. The van der Waals surface area contributed by atoms with E-state index in [-0.39, 0.29) is 11.0 Å². The second-order valence-corrected chi connectivity index (χ2v) is 5.62. The van der Waals surface area contributed by atoms with E-state index in [1.54, 1.807) is 31.4 Å². The van der Waals surface area contributed by atoms with Crippen LogP contribution in [0.3, 0.4) is 0 Å². The van der Waals surface area contributed by atoms with E-state index in [0.29, 0.717) is 37.7 Å². The third-order valence-corrected chi connectivity index (χ3v) is 3.55. The highest BCUT2D eigenvalue weighted by molar-refractivity contribution is 7.80. The number of benzene rings is 2. The molecule has 2 rings (SSSR count).